The molecule has 0 fully saturated rings. The van der Waals surface area contributed by atoms with Gasteiger partial charge in [0.05, 0.1) is 22.7 Å². The molecule has 0 radical (unpaired) electrons. The van der Waals surface area contributed by atoms with Gasteiger partial charge in [-0.15, -0.1) is 11.8 Å². The molecule has 0 saturated heterocycles. The highest BCUT2D eigenvalue weighted by Crippen LogP contribution is 2.37. The lowest BCUT2D eigenvalue weighted by Crippen LogP contribution is -2.31. The Bertz CT molecular complexity index is 1930. The zero-order valence-electron chi connectivity index (χ0n) is 25.1. The van der Waals surface area contributed by atoms with E-state index in [0.29, 0.717) is 11.3 Å². The molecule has 2 N–H and O–H groups in total. The number of hydrogen-bond acceptors (Lipinski definition) is 4. The number of para-hydroxylation sites is 2. The summed E-state index contributed by atoms with van der Waals surface area (Å²) in [6, 6.07) is 35.9. The standard InChI is InChI=1S/C38H29BrFN3O3S/c39-28-17-13-25(14-18-28)23-33(42-37(45)31-9-3-4-10-32(31)40)38(46)41-29-19-21-30(22-20-29)47-24-36(44)43-34-11-5-1-7-26(34)15-16-27-8-2-6-12-35(27)43/h1-14,17-23H,15-16,24H2,(H,41,46)(H,42,45)/b33-23-. The molecule has 0 bridgehead atoms. The Morgan fingerprint density at radius 3 is 2.00 bits per heavy atom. The number of benzene rings is 5. The maximum atomic E-state index is 14.3. The van der Waals surface area contributed by atoms with E-state index in [2.05, 4.69) is 38.7 Å². The summed E-state index contributed by atoms with van der Waals surface area (Å²) in [5.41, 5.74) is 5.03. The first-order chi connectivity index (χ1) is 22.9. The summed E-state index contributed by atoms with van der Waals surface area (Å²) in [4.78, 5) is 42.7. The van der Waals surface area contributed by atoms with Crippen LogP contribution < -0.4 is 15.5 Å². The quantitative estimate of drug-likeness (QED) is 0.125. The molecule has 5 aromatic rings. The van der Waals surface area contributed by atoms with Crippen molar-refractivity contribution in [3.63, 3.8) is 0 Å². The van der Waals surface area contributed by atoms with Crippen LogP contribution in [0.25, 0.3) is 6.08 Å². The smallest absolute Gasteiger partial charge is 0.272 e. The molecule has 0 spiro atoms. The minimum Gasteiger partial charge on any atom is -0.321 e. The van der Waals surface area contributed by atoms with Gasteiger partial charge in [0, 0.05) is 15.1 Å². The molecule has 1 heterocycles. The molecule has 0 aliphatic carbocycles. The van der Waals surface area contributed by atoms with Crippen molar-refractivity contribution in [3.8, 4) is 0 Å². The minimum atomic E-state index is -0.743. The van der Waals surface area contributed by atoms with Crippen molar-refractivity contribution in [1.29, 1.82) is 0 Å². The van der Waals surface area contributed by atoms with Crippen LogP contribution in [0.5, 0.6) is 0 Å². The Kier molecular flexibility index (Phi) is 9.94. The lowest BCUT2D eigenvalue weighted by atomic mass is 10.0. The van der Waals surface area contributed by atoms with Gasteiger partial charge in [-0.05, 0) is 96.3 Å². The number of aryl methyl sites for hydroxylation is 2. The van der Waals surface area contributed by atoms with Crippen LogP contribution in [0.2, 0.25) is 0 Å². The maximum Gasteiger partial charge on any atom is 0.272 e. The Labute approximate surface area is 284 Å². The van der Waals surface area contributed by atoms with E-state index >= 15 is 0 Å². The fraction of sp³-hybridized carbons (Fsp3) is 0.0789. The van der Waals surface area contributed by atoms with Crippen LogP contribution in [0.3, 0.4) is 0 Å². The molecule has 9 heteroatoms. The van der Waals surface area contributed by atoms with Crippen molar-refractivity contribution in [1.82, 2.24) is 5.32 Å². The molecule has 47 heavy (non-hydrogen) atoms. The molecule has 0 aromatic heterocycles. The fourth-order valence-corrected chi connectivity index (χ4v) is 6.32. The van der Waals surface area contributed by atoms with Gasteiger partial charge in [0.25, 0.3) is 11.8 Å². The van der Waals surface area contributed by atoms with Crippen LogP contribution in [0.15, 0.2) is 136 Å². The third kappa shape index (κ3) is 7.70. The summed E-state index contributed by atoms with van der Waals surface area (Å²) >= 11 is 4.80. The van der Waals surface area contributed by atoms with Crippen LogP contribution in [0.4, 0.5) is 21.5 Å². The molecular formula is C38H29BrFN3O3S. The number of nitrogens with zero attached hydrogens (tertiary/aromatic N) is 1. The summed E-state index contributed by atoms with van der Waals surface area (Å²) in [6.07, 6.45) is 3.25. The second kappa shape index (κ2) is 14.6. The van der Waals surface area contributed by atoms with Gasteiger partial charge in [-0.3, -0.25) is 19.3 Å². The predicted molar refractivity (Wildman–Crippen MR) is 189 cm³/mol. The number of anilines is 3. The molecule has 1 aliphatic rings. The molecule has 0 saturated carbocycles. The first-order valence-corrected chi connectivity index (χ1v) is 16.7. The van der Waals surface area contributed by atoms with Gasteiger partial charge < -0.3 is 10.6 Å². The van der Waals surface area contributed by atoms with Crippen LogP contribution in [0.1, 0.15) is 27.0 Å². The summed E-state index contributed by atoms with van der Waals surface area (Å²) in [5, 5.41) is 5.37. The Morgan fingerprint density at radius 2 is 1.36 bits per heavy atom. The molecular weight excluding hydrogens is 677 g/mol. The maximum absolute atomic E-state index is 14.3. The lowest BCUT2D eigenvalue weighted by Gasteiger charge is -2.25. The summed E-state index contributed by atoms with van der Waals surface area (Å²) in [5.74, 6) is -1.82. The molecule has 6 rings (SSSR count). The average molecular weight is 707 g/mol. The van der Waals surface area contributed by atoms with E-state index in [9.17, 15) is 18.8 Å². The fourth-order valence-electron chi connectivity index (χ4n) is 5.31. The van der Waals surface area contributed by atoms with Crippen molar-refractivity contribution in [2.45, 2.75) is 17.7 Å². The molecule has 0 unspecified atom stereocenters. The summed E-state index contributed by atoms with van der Waals surface area (Å²) in [6.45, 7) is 0. The minimum absolute atomic E-state index is 0.0255. The number of amides is 3. The Balaban J connectivity index is 1.15. The molecule has 234 valence electrons. The highest BCUT2D eigenvalue weighted by atomic mass is 79.9. The molecule has 0 atom stereocenters. The second-order valence-corrected chi connectivity index (χ2v) is 12.8. The monoisotopic (exact) mass is 705 g/mol. The van der Waals surface area contributed by atoms with E-state index in [4.69, 9.17) is 0 Å². The zero-order chi connectivity index (χ0) is 32.8. The predicted octanol–water partition coefficient (Wildman–Crippen LogP) is 8.55. The first kappa shape index (κ1) is 32.0. The SMILES string of the molecule is O=C(Nc1ccc(SCC(=O)N2c3ccccc3CCc3ccccc32)cc1)/C(=C/c1ccc(Br)cc1)NC(=O)c1ccccc1F. The number of hydrogen-bond donors (Lipinski definition) is 2. The van der Waals surface area contributed by atoms with E-state index in [1.165, 1.54) is 36.0 Å². The molecule has 5 aromatic carbocycles. The number of thioether (sulfide) groups is 1. The van der Waals surface area contributed by atoms with Gasteiger partial charge in [0.15, 0.2) is 0 Å². The Hall–Kier alpha value is -4.99. The number of rotatable bonds is 8. The second-order valence-electron chi connectivity index (χ2n) is 10.8. The van der Waals surface area contributed by atoms with Gasteiger partial charge in [0.2, 0.25) is 5.91 Å². The van der Waals surface area contributed by atoms with E-state index < -0.39 is 17.6 Å². The van der Waals surface area contributed by atoms with Crippen molar-refractivity contribution in [2.75, 3.05) is 16.0 Å². The van der Waals surface area contributed by atoms with Crippen LogP contribution >= 0.6 is 27.7 Å². The van der Waals surface area contributed by atoms with Gasteiger partial charge in [-0.1, -0.05) is 76.6 Å². The third-order valence-electron chi connectivity index (χ3n) is 7.64. The number of carbonyl (C=O) groups excluding carboxylic acids is 3. The van der Waals surface area contributed by atoms with Crippen molar-refractivity contribution >= 4 is 68.6 Å². The van der Waals surface area contributed by atoms with Gasteiger partial charge in [-0.25, -0.2) is 4.39 Å². The first-order valence-electron chi connectivity index (χ1n) is 14.9. The molecule has 6 nitrogen and oxygen atoms in total. The lowest BCUT2D eigenvalue weighted by molar-refractivity contribution is -0.115. The van der Waals surface area contributed by atoms with Gasteiger partial charge in [-0.2, -0.15) is 0 Å². The Morgan fingerprint density at radius 1 is 0.766 bits per heavy atom. The van der Waals surface area contributed by atoms with Gasteiger partial charge in [0.1, 0.15) is 11.5 Å². The van der Waals surface area contributed by atoms with Crippen molar-refractivity contribution in [3.05, 3.63) is 160 Å². The van der Waals surface area contributed by atoms with Crippen LogP contribution in [-0.4, -0.2) is 23.5 Å². The molecule has 3 amide bonds. The van der Waals surface area contributed by atoms with E-state index in [1.54, 1.807) is 30.3 Å². The summed E-state index contributed by atoms with van der Waals surface area (Å²) < 4.78 is 15.2. The number of carbonyl (C=O) groups is 3. The van der Waals surface area contributed by atoms with Crippen LogP contribution in [-0.2, 0) is 22.4 Å². The summed E-state index contributed by atoms with van der Waals surface area (Å²) in [7, 11) is 0. The average Bonchev–Trinajstić information content (AvgIpc) is 3.25. The number of halogens is 2. The van der Waals surface area contributed by atoms with Crippen molar-refractivity contribution in [2.24, 2.45) is 0 Å². The largest absolute Gasteiger partial charge is 0.321 e. The van der Waals surface area contributed by atoms with E-state index in [1.807, 2.05) is 65.6 Å². The zero-order valence-corrected chi connectivity index (χ0v) is 27.5. The number of fused-ring (bicyclic) bond motifs is 2. The highest BCUT2D eigenvalue weighted by Gasteiger charge is 2.25. The normalized spacial score (nSPS) is 12.4. The number of nitrogens with one attached hydrogen (secondary N) is 2. The van der Waals surface area contributed by atoms with Crippen molar-refractivity contribution < 1.29 is 18.8 Å². The van der Waals surface area contributed by atoms with Crippen LogP contribution in [0, 0.1) is 5.82 Å². The van der Waals surface area contributed by atoms with Gasteiger partial charge >= 0.3 is 0 Å². The highest BCUT2D eigenvalue weighted by molar-refractivity contribution is 9.10. The molecule has 1 aliphatic heterocycles. The van der Waals surface area contributed by atoms with E-state index in [0.717, 1.165) is 44.7 Å². The third-order valence-corrected chi connectivity index (χ3v) is 9.17. The topological polar surface area (TPSA) is 78.5 Å². The van der Waals surface area contributed by atoms with E-state index in [-0.39, 0.29) is 22.9 Å².